The summed E-state index contributed by atoms with van der Waals surface area (Å²) >= 11 is 0. The topological polar surface area (TPSA) is 0 Å². The van der Waals surface area contributed by atoms with Gasteiger partial charge in [-0.05, 0) is 0 Å². The Labute approximate surface area is 104 Å². The highest BCUT2D eigenvalue weighted by Crippen LogP contribution is 2.27. The fourth-order valence-electron chi connectivity index (χ4n) is 2.93. The summed E-state index contributed by atoms with van der Waals surface area (Å²) in [6.07, 6.45) is 16.2. The van der Waals surface area contributed by atoms with Gasteiger partial charge in [0.05, 0.1) is 0 Å². The second kappa shape index (κ2) is 9.13. The molecule has 0 heterocycles. The average Bonchev–Trinajstić information content (AvgIpc) is 2.21. The van der Waals surface area contributed by atoms with Crippen LogP contribution in [-0.4, -0.2) is 7.28 Å². The lowest BCUT2D eigenvalue weighted by molar-refractivity contribution is 0.501. The first-order chi connectivity index (χ1) is 7.79. The molecule has 1 aliphatic rings. The summed E-state index contributed by atoms with van der Waals surface area (Å²) in [6.45, 7) is 4.66. The van der Waals surface area contributed by atoms with E-state index in [0.29, 0.717) is 0 Å². The highest BCUT2D eigenvalue weighted by molar-refractivity contribution is 6.39. The van der Waals surface area contributed by atoms with Gasteiger partial charge in [-0.1, -0.05) is 96.1 Å². The first kappa shape index (κ1) is 14.1. The lowest BCUT2D eigenvalue weighted by Gasteiger charge is -2.18. The maximum atomic E-state index is 2.60. The first-order valence-electron chi connectivity index (χ1n) is 7.64. The van der Waals surface area contributed by atoms with Crippen molar-refractivity contribution in [1.82, 2.24) is 0 Å². The Kier molecular flexibility index (Phi) is 8.06. The van der Waals surface area contributed by atoms with Gasteiger partial charge in [0.2, 0.25) is 0 Å². The Bertz CT molecular complexity index is 142. The third kappa shape index (κ3) is 7.36. The minimum Gasteiger partial charge on any atom is -0.0742 e. The fraction of sp³-hybridized carbons (Fsp3) is 1.00. The van der Waals surface area contributed by atoms with Crippen molar-refractivity contribution in [2.45, 2.75) is 96.1 Å². The normalized spacial score (nSPS) is 22.4. The Hall–Kier alpha value is 0.0649. The van der Waals surface area contributed by atoms with Gasteiger partial charge in [0.15, 0.2) is 0 Å². The Morgan fingerprint density at radius 3 is 1.44 bits per heavy atom. The zero-order chi connectivity index (χ0) is 11.6. The van der Waals surface area contributed by atoms with Gasteiger partial charge >= 0.3 is 0 Å². The van der Waals surface area contributed by atoms with Crippen LogP contribution in [-0.2, 0) is 0 Å². The number of hydrogen-bond acceptors (Lipinski definition) is 0. The maximum absolute atomic E-state index is 2.60. The van der Waals surface area contributed by atoms with E-state index in [2.05, 4.69) is 21.1 Å². The van der Waals surface area contributed by atoms with Crippen molar-refractivity contribution in [3.63, 3.8) is 0 Å². The van der Waals surface area contributed by atoms with Crippen LogP contribution in [0.3, 0.4) is 0 Å². The maximum Gasteiger partial charge on any atom is 0.117 e. The van der Waals surface area contributed by atoms with E-state index in [1.54, 1.807) is 0 Å². The van der Waals surface area contributed by atoms with Crippen molar-refractivity contribution >= 4 is 7.28 Å². The zero-order valence-electron chi connectivity index (χ0n) is 11.5. The fourth-order valence-corrected chi connectivity index (χ4v) is 2.93. The molecule has 1 rings (SSSR count). The molecule has 93 valence electrons. The molecule has 0 saturated heterocycles. The summed E-state index contributed by atoms with van der Waals surface area (Å²) in [7, 11) is 2.60. The molecule has 0 aromatic carbocycles. The summed E-state index contributed by atoms with van der Waals surface area (Å²) in [5.74, 6) is 1.69. The van der Waals surface area contributed by atoms with Crippen LogP contribution >= 0.6 is 0 Å². The molecule has 1 heteroatoms. The van der Waals surface area contributed by atoms with Crippen LogP contribution < -0.4 is 0 Å². The van der Waals surface area contributed by atoms with Gasteiger partial charge in [-0.15, -0.1) is 0 Å². The van der Waals surface area contributed by atoms with Crippen molar-refractivity contribution in [2.75, 3.05) is 0 Å². The lowest BCUT2D eigenvalue weighted by atomic mass is 9.53. The Morgan fingerprint density at radius 1 is 0.688 bits per heavy atom. The molecule has 0 N–H and O–H groups in total. The van der Waals surface area contributed by atoms with Crippen molar-refractivity contribution in [3.05, 3.63) is 0 Å². The van der Waals surface area contributed by atoms with Crippen LogP contribution in [0.15, 0.2) is 0 Å². The standard InChI is InChI=1S/C15H30B/c1-14(2)16-15-12-10-8-6-4-3-5-7-9-11-13-15/h14-15H,3-13H2,1-2H3. The Morgan fingerprint density at radius 2 is 1.06 bits per heavy atom. The van der Waals surface area contributed by atoms with E-state index in [1.165, 1.54) is 70.6 Å². The predicted octanol–water partition coefficient (Wildman–Crippen LogP) is 5.61. The quantitative estimate of drug-likeness (QED) is 0.531. The monoisotopic (exact) mass is 221 g/mol. The minimum atomic E-state index is 0.776. The van der Waals surface area contributed by atoms with Gasteiger partial charge in [0.25, 0.3) is 0 Å². The zero-order valence-corrected chi connectivity index (χ0v) is 11.5. The van der Waals surface area contributed by atoms with Crippen LogP contribution in [0.5, 0.6) is 0 Å². The highest BCUT2D eigenvalue weighted by Gasteiger charge is 2.12. The molecule has 1 fully saturated rings. The average molecular weight is 221 g/mol. The van der Waals surface area contributed by atoms with E-state index in [1.807, 2.05) is 0 Å². The molecule has 1 aliphatic carbocycles. The Balaban J connectivity index is 2.24. The van der Waals surface area contributed by atoms with Gasteiger partial charge in [-0.25, -0.2) is 0 Å². The van der Waals surface area contributed by atoms with Crippen molar-refractivity contribution in [1.29, 1.82) is 0 Å². The van der Waals surface area contributed by atoms with Crippen molar-refractivity contribution < 1.29 is 0 Å². The summed E-state index contributed by atoms with van der Waals surface area (Å²) in [5, 5.41) is 0. The summed E-state index contributed by atoms with van der Waals surface area (Å²) in [6, 6.07) is 0. The molecule has 0 aliphatic heterocycles. The molecule has 0 bridgehead atoms. The summed E-state index contributed by atoms with van der Waals surface area (Å²) < 4.78 is 0. The SMILES string of the molecule is CC(C)[B]C1CCCCCCCCCCC1. The summed E-state index contributed by atoms with van der Waals surface area (Å²) in [5.41, 5.74) is 0. The summed E-state index contributed by atoms with van der Waals surface area (Å²) in [4.78, 5) is 0. The van der Waals surface area contributed by atoms with Gasteiger partial charge < -0.3 is 0 Å². The molecule has 0 aromatic heterocycles. The van der Waals surface area contributed by atoms with Crippen molar-refractivity contribution in [2.24, 2.45) is 0 Å². The molecule has 0 unspecified atom stereocenters. The molecule has 0 amide bonds. The van der Waals surface area contributed by atoms with E-state index in [0.717, 1.165) is 11.6 Å². The smallest absolute Gasteiger partial charge is 0.0742 e. The van der Waals surface area contributed by atoms with E-state index in [9.17, 15) is 0 Å². The third-order valence-corrected chi connectivity index (χ3v) is 3.81. The molecule has 0 atom stereocenters. The van der Waals surface area contributed by atoms with Gasteiger partial charge in [-0.2, -0.15) is 0 Å². The molecular formula is C15H30B. The molecule has 0 nitrogen and oxygen atoms in total. The molecule has 16 heavy (non-hydrogen) atoms. The third-order valence-electron chi connectivity index (χ3n) is 3.81. The molecule has 1 saturated carbocycles. The van der Waals surface area contributed by atoms with Crippen LogP contribution in [0.1, 0.15) is 84.5 Å². The largest absolute Gasteiger partial charge is 0.117 e. The lowest BCUT2D eigenvalue weighted by Crippen LogP contribution is -2.07. The molecule has 0 spiro atoms. The first-order valence-corrected chi connectivity index (χ1v) is 7.64. The predicted molar refractivity (Wildman–Crippen MR) is 75.4 cm³/mol. The van der Waals surface area contributed by atoms with Gasteiger partial charge in [0, 0.05) is 0 Å². The van der Waals surface area contributed by atoms with Crippen LogP contribution in [0, 0.1) is 0 Å². The van der Waals surface area contributed by atoms with Crippen LogP contribution in [0.2, 0.25) is 11.6 Å². The van der Waals surface area contributed by atoms with Gasteiger partial charge in [-0.3, -0.25) is 0 Å². The van der Waals surface area contributed by atoms with E-state index in [-0.39, 0.29) is 0 Å². The second-order valence-electron chi connectivity index (χ2n) is 5.96. The molecule has 1 radical (unpaired) electrons. The minimum absolute atomic E-state index is 0.776. The number of hydrogen-bond donors (Lipinski definition) is 0. The second-order valence-corrected chi connectivity index (χ2v) is 5.96. The van der Waals surface area contributed by atoms with Gasteiger partial charge in [0.1, 0.15) is 7.28 Å². The van der Waals surface area contributed by atoms with E-state index >= 15 is 0 Å². The van der Waals surface area contributed by atoms with Crippen molar-refractivity contribution in [3.8, 4) is 0 Å². The molecule has 0 aromatic rings. The van der Waals surface area contributed by atoms with E-state index in [4.69, 9.17) is 0 Å². The van der Waals surface area contributed by atoms with E-state index < -0.39 is 0 Å². The number of rotatable bonds is 2. The van der Waals surface area contributed by atoms with Crippen LogP contribution in [0.4, 0.5) is 0 Å². The molecular weight excluding hydrogens is 191 g/mol. The highest BCUT2D eigenvalue weighted by atomic mass is 14.1. The van der Waals surface area contributed by atoms with Crippen LogP contribution in [0.25, 0.3) is 0 Å².